The van der Waals surface area contributed by atoms with Crippen molar-refractivity contribution in [3.63, 3.8) is 0 Å². The summed E-state index contributed by atoms with van der Waals surface area (Å²) in [5.41, 5.74) is 0. The van der Waals surface area contributed by atoms with E-state index in [2.05, 4.69) is 4.74 Å². The molecule has 0 fully saturated rings. The summed E-state index contributed by atoms with van der Waals surface area (Å²) in [6.45, 7) is 0. The molecule has 1 unspecified atom stereocenters. The lowest BCUT2D eigenvalue weighted by Gasteiger charge is -2.22. The molecule has 0 amide bonds. The minimum Gasteiger partial charge on any atom is -0.467 e. The summed E-state index contributed by atoms with van der Waals surface area (Å²) in [6, 6.07) is 0. The van der Waals surface area contributed by atoms with Crippen molar-refractivity contribution in [2.45, 2.75) is 18.8 Å². The van der Waals surface area contributed by atoms with Crippen LogP contribution in [0.15, 0.2) is 12.2 Å². The highest BCUT2D eigenvalue weighted by Crippen LogP contribution is 2.13. The van der Waals surface area contributed by atoms with Gasteiger partial charge < -0.3 is 14.2 Å². The van der Waals surface area contributed by atoms with Crippen LogP contribution in [-0.2, 0) is 19.0 Å². The highest BCUT2D eigenvalue weighted by Gasteiger charge is 2.24. The molecule has 68 valence electrons. The summed E-state index contributed by atoms with van der Waals surface area (Å²) in [4.78, 5) is 11.0. The zero-order valence-electron chi connectivity index (χ0n) is 7.15. The van der Waals surface area contributed by atoms with Crippen LogP contribution in [0.2, 0.25) is 0 Å². The molecule has 0 radical (unpaired) electrons. The number of ether oxygens (including phenoxy) is 3. The molecule has 0 bridgehead atoms. The molecule has 1 aliphatic rings. The Kier molecular flexibility index (Phi) is 3.25. The predicted molar refractivity (Wildman–Crippen MR) is 41.4 cm³/mol. The number of hydrogen-bond acceptors (Lipinski definition) is 4. The minimum atomic E-state index is -0.523. The third kappa shape index (κ3) is 2.06. The van der Waals surface area contributed by atoms with E-state index in [1.54, 1.807) is 6.08 Å². The van der Waals surface area contributed by atoms with Crippen LogP contribution in [0.1, 0.15) is 6.42 Å². The minimum absolute atomic E-state index is 0.360. The van der Waals surface area contributed by atoms with Gasteiger partial charge in [0, 0.05) is 13.5 Å². The van der Waals surface area contributed by atoms with Gasteiger partial charge in [-0.05, 0) is 6.08 Å². The molecule has 0 aromatic heterocycles. The van der Waals surface area contributed by atoms with E-state index in [9.17, 15) is 4.79 Å². The number of esters is 1. The number of methoxy groups -OCH3 is 2. The fourth-order valence-corrected chi connectivity index (χ4v) is 0.993. The molecule has 4 heteroatoms. The zero-order valence-corrected chi connectivity index (χ0v) is 7.15. The summed E-state index contributed by atoms with van der Waals surface area (Å²) in [5, 5.41) is 0. The first-order valence-corrected chi connectivity index (χ1v) is 3.70. The summed E-state index contributed by atoms with van der Waals surface area (Å²) in [6.07, 6.45) is 3.21. The quantitative estimate of drug-likeness (QED) is 0.449. The fraction of sp³-hybridized carbons (Fsp3) is 0.625. The van der Waals surface area contributed by atoms with Crippen LogP contribution >= 0.6 is 0 Å². The van der Waals surface area contributed by atoms with E-state index < -0.39 is 12.4 Å². The molecule has 0 saturated carbocycles. The molecular formula is C8H12O4. The van der Waals surface area contributed by atoms with Gasteiger partial charge in [-0.15, -0.1) is 0 Å². The van der Waals surface area contributed by atoms with Crippen molar-refractivity contribution >= 4 is 5.97 Å². The van der Waals surface area contributed by atoms with Gasteiger partial charge in [0.25, 0.3) is 0 Å². The van der Waals surface area contributed by atoms with Gasteiger partial charge in [-0.1, -0.05) is 6.08 Å². The van der Waals surface area contributed by atoms with E-state index in [1.807, 2.05) is 6.08 Å². The third-order valence-corrected chi connectivity index (χ3v) is 1.64. The Hall–Kier alpha value is -0.870. The Morgan fingerprint density at radius 1 is 1.58 bits per heavy atom. The Morgan fingerprint density at radius 3 is 2.92 bits per heavy atom. The zero-order chi connectivity index (χ0) is 8.97. The molecule has 2 atom stereocenters. The van der Waals surface area contributed by atoms with Crippen molar-refractivity contribution in [2.24, 2.45) is 0 Å². The summed E-state index contributed by atoms with van der Waals surface area (Å²) < 4.78 is 14.6. The predicted octanol–water partition coefficient (Wildman–Crippen LogP) is 0.477. The van der Waals surface area contributed by atoms with Crippen molar-refractivity contribution in [2.75, 3.05) is 14.2 Å². The topological polar surface area (TPSA) is 44.8 Å². The SMILES string of the molecule is COC(=O)C1CC=C[C@H](OC)O1. The Morgan fingerprint density at radius 2 is 2.33 bits per heavy atom. The lowest BCUT2D eigenvalue weighted by Crippen LogP contribution is -2.32. The van der Waals surface area contributed by atoms with E-state index in [1.165, 1.54) is 14.2 Å². The van der Waals surface area contributed by atoms with Gasteiger partial charge in [0.2, 0.25) is 0 Å². The first kappa shape index (κ1) is 9.22. The highest BCUT2D eigenvalue weighted by atomic mass is 16.7. The van der Waals surface area contributed by atoms with Gasteiger partial charge in [-0.2, -0.15) is 0 Å². The molecule has 1 rings (SSSR count). The first-order valence-electron chi connectivity index (χ1n) is 3.70. The van der Waals surface area contributed by atoms with Gasteiger partial charge in [-0.3, -0.25) is 0 Å². The van der Waals surface area contributed by atoms with Crippen molar-refractivity contribution in [3.8, 4) is 0 Å². The van der Waals surface area contributed by atoms with Crippen LogP contribution in [0.3, 0.4) is 0 Å². The molecule has 4 nitrogen and oxygen atoms in total. The standard InChI is InChI=1S/C8H12O4/c1-10-7-5-3-4-6(12-7)8(9)11-2/h3,5-7H,4H2,1-2H3/t6?,7-/m1/s1. The third-order valence-electron chi connectivity index (χ3n) is 1.64. The molecule has 1 aliphatic heterocycles. The lowest BCUT2D eigenvalue weighted by molar-refractivity contribution is -0.175. The summed E-state index contributed by atoms with van der Waals surface area (Å²) in [7, 11) is 2.86. The average molecular weight is 172 g/mol. The average Bonchev–Trinajstić information content (AvgIpc) is 2.17. The van der Waals surface area contributed by atoms with E-state index in [4.69, 9.17) is 9.47 Å². The molecular weight excluding hydrogens is 160 g/mol. The molecule has 12 heavy (non-hydrogen) atoms. The summed E-state index contributed by atoms with van der Waals surface area (Å²) >= 11 is 0. The van der Waals surface area contributed by atoms with Crippen LogP contribution in [0.5, 0.6) is 0 Å². The molecule has 0 aliphatic carbocycles. The summed E-state index contributed by atoms with van der Waals surface area (Å²) in [5.74, 6) is -0.360. The van der Waals surface area contributed by atoms with Crippen molar-refractivity contribution in [1.82, 2.24) is 0 Å². The maximum Gasteiger partial charge on any atom is 0.335 e. The van der Waals surface area contributed by atoms with E-state index in [-0.39, 0.29) is 5.97 Å². The van der Waals surface area contributed by atoms with Crippen LogP contribution in [0.4, 0.5) is 0 Å². The lowest BCUT2D eigenvalue weighted by atomic mass is 10.2. The molecule has 0 N–H and O–H groups in total. The van der Waals surface area contributed by atoms with Crippen LogP contribution in [0, 0.1) is 0 Å². The largest absolute Gasteiger partial charge is 0.467 e. The van der Waals surface area contributed by atoms with Gasteiger partial charge in [0.05, 0.1) is 7.11 Å². The molecule has 0 aromatic carbocycles. The van der Waals surface area contributed by atoms with Gasteiger partial charge in [-0.25, -0.2) is 4.79 Å². The second-order valence-electron chi connectivity index (χ2n) is 2.42. The second-order valence-corrected chi connectivity index (χ2v) is 2.42. The maximum absolute atomic E-state index is 11.0. The highest BCUT2D eigenvalue weighted by molar-refractivity contribution is 5.74. The smallest absolute Gasteiger partial charge is 0.335 e. The van der Waals surface area contributed by atoms with Crippen molar-refractivity contribution < 1.29 is 19.0 Å². The first-order chi connectivity index (χ1) is 5.77. The molecule has 1 heterocycles. The second kappa shape index (κ2) is 4.23. The van der Waals surface area contributed by atoms with Gasteiger partial charge in [0.1, 0.15) is 0 Å². The number of rotatable bonds is 2. The Labute approximate surface area is 71.1 Å². The van der Waals surface area contributed by atoms with Crippen molar-refractivity contribution in [1.29, 1.82) is 0 Å². The number of carbonyl (C=O) groups is 1. The molecule has 0 aromatic rings. The number of hydrogen-bond donors (Lipinski definition) is 0. The van der Waals surface area contributed by atoms with Crippen LogP contribution in [-0.4, -0.2) is 32.6 Å². The van der Waals surface area contributed by atoms with Gasteiger partial charge >= 0.3 is 5.97 Å². The fourth-order valence-electron chi connectivity index (χ4n) is 0.993. The molecule has 0 saturated heterocycles. The van der Waals surface area contributed by atoms with E-state index in [0.717, 1.165) is 0 Å². The Balaban J connectivity index is 2.49. The normalized spacial score (nSPS) is 28.5. The number of carbonyl (C=O) groups excluding carboxylic acids is 1. The van der Waals surface area contributed by atoms with Crippen LogP contribution in [0.25, 0.3) is 0 Å². The van der Waals surface area contributed by atoms with Crippen LogP contribution < -0.4 is 0 Å². The van der Waals surface area contributed by atoms with E-state index >= 15 is 0 Å². The monoisotopic (exact) mass is 172 g/mol. The maximum atomic E-state index is 11.0. The molecule has 0 spiro atoms. The van der Waals surface area contributed by atoms with Gasteiger partial charge in [0.15, 0.2) is 12.4 Å². The Bertz CT molecular complexity index is 187. The van der Waals surface area contributed by atoms with Crippen molar-refractivity contribution in [3.05, 3.63) is 12.2 Å². The van der Waals surface area contributed by atoms with E-state index in [0.29, 0.717) is 6.42 Å².